The summed E-state index contributed by atoms with van der Waals surface area (Å²) in [5.41, 5.74) is 2.45. The number of anilines is 2. The number of rotatable bonds is 5. The molecule has 30 heavy (non-hydrogen) atoms. The normalized spacial score (nSPS) is 20.3. The van der Waals surface area contributed by atoms with Crippen molar-refractivity contribution in [2.75, 3.05) is 36.5 Å². The first kappa shape index (κ1) is 20.7. The molecule has 0 aromatic heterocycles. The second-order valence-electron chi connectivity index (χ2n) is 6.89. The van der Waals surface area contributed by atoms with Crippen molar-refractivity contribution in [3.63, 3.8) is 0 Å². The maximum absolute atomic E-state index is 12.4. The molecule has 9 heteroatoms. The minimum atomic E-state index is -0.518. The molecule has 156 valence electrons. The van der Waals surface area contributed by atoms with Crippen molar-refractivity contribution in [2.45, 2.75) is 11.7 Å². The number of hydrogen-bond donors (Lipinski definition) is 2. The Morgan fingerprint density at radius 2 is 2.00 bits per heavy atom. The number of carbonyl (C=O) groups is 2. The minimum Gasteiger partial charge on any atom is -0.378 e. The quantitative estimate of drug-likeness (QED) is 0.738. The number of nitrogens with zero attached hydrogens (tertiary/aromatic N) is 2. The largest absolute Gasteiger partial charge is 0.378 e. The number of amidine groups is 1. The second-order valence-corrected chi connectivity index (χ2v) is 8.52. The highest BCUT2D eigenvalue weighted by Crippen LogP contribution is 2.27. The van der Waals surface area contributed by atoms with Gasteiger partial charge in [-0.05, 0) is 42.5 Å². The first-order chi connectivity index (χ1) is 14.6. The van der Waals surface area contributed by atoms with E-state index in [0.717, 1.165) is 32.0 Å². The molecule has 1 atom stereocenters. The van der Waals surface area contributed by atoms with Gasteiger partial charge in [0.1, 0.15) is 5.25 Å². The topological polar surface area (TPSA) is 83.0 Å². The molecule has 2 fully saturated rings. The maximum Gasteiger partial charge on any atom is 0.240 e. The number of morpholine rings is 1. The first-order valence-electron chi connectivity index (χ1n) is 9.61. The standard InChI is InChI=1S/C21H21ClN4O3S/c22-14-2-1-3-16(12-14)24-21-25-20(28)18(30-21)13-19(27)23-15-4-6-17(7-5-15)26-8-10-29-11-9-26/h1-7,12,18H,8-11,13H2,(H,23,27)(H,24,25,28). The van der Waals surface area contributed by atoms with Crippen LogP contribution in [0.5, 0.6) is 0 Å². The van der Waals surface area contributed by atoms with Gasteiger partial charge in [-0.1, -0.05) is 29.4 Å². The fourth-order valence-corrected chi connectivity index (χ4v) is 4.39. The molecule has 2 aromatic carbocycles. The lowest BCUT2D eigenvalue weighted by molar-refractivity contribution is -0.122. The Hall–Kier alpha value is -2.55. The Kier molecular flexibility index (Phi) is 6.56. The van der Waals surface area contributed by atoms with Gasteiger partial charge in [-0.15, -0.1) is 0 Å². The lowest BCUT2D eigenvalue weighted by atomic mass is 10.2. The van der Waals surface area contributed by atoms with E-state index in [1.54, 1.807) is 24.3 Å². The van der Waals surface area contributed by atoms with Crippen LogP contribution >= 0.6 is 23.4 Å². The van der Waals surface area contributed by atoms with E-state index >= 15 is 0 Å². The maximum atomic E-state index is 12.4. The molecule has 0 radical (unpaired) electrons. The van der Waals surface area contributed by atoms with E-state index in [4.69, 9.17) is 16.3 Å². The Bertz CT molecular complexity index is 961. The lowest BCUT2D eigenvalue weighted by Crippen LogP contribution is -2.36. The highest BCUT2D eigenvalue weighted by molar-refractivity contribution is 8.15. The monoisotopic (exact) mass is 444 g/mol. The van der Waals surface area contributed by atoms with Gasteiger partial charge in [-0.25, -0.2) is 4.99 Å². The van der Waals surface area contributed by atoms with E-state index in [-0.39, 0.29) is 18.2 Å². The van der Waals surface area contributed by atoms with Gasteiger partial charge >= 0.3 is 0 Å². The van der Waals surface area contributed by atoms with Crippen molar-refractivity contribution in [1.29, 1.82) is 0 Å². The first-order valence-corrected chi connectivity index (χ1v) is 10.9. The van der Waals surface area contributed by atoms with Gasteiger partial charge in [0, 0.05) is 35.9 Å². The molecule has 0 spiro atoms. The van der Waals surface area contributed by atoms with Gasteiger partial charge in [0.2, 0.25) is 11.8 Å². The average molecular weight is 445 g/mol. The van der Waals surface area contributed by atoms with Crippen molar-refractivity contribution < 1.29 is 14.3 Å². The number of ether oxygens (including phenoxy) is 1. The van der Waals surface area contributed by atoms with Gasteiger partial charge in [0.15, 0.2) is 5.17 Å². The third kappa shape index (κ3) is 5.33. The molecular weight excluding hydrogens is 424 g/mol. The predicted octanol–water partition coefficient (Wildman–Crippen LogP) is 3.42. The van der Waals surface area contributed by atoms with Gasteiger partial charge in [0.25, 0.3) is 0 Å². The van der Waals surface area contributed by atoms with E-state index in [1.807, 2.05) is 24.3 Å². The Morgan fingerprint density at radius 1 is 1.23 bits per heavy atom. The molecule has 2 aliphatic heterocycles. The molecule has 0 bridgehead atoms. The molecule has 1 unspecified atom stereocenters. The third-order valence-electron chi connectivity index (χ3n) is 4.71. The predicted molar refractivity (Wildman–Crippen MR) is 121 cm³/mol. The van der Waals surface area contributed by atoms with E-state index < -0.39 is 5.25 Å². The molecule has 2 aliphatic rings. The molecule has 2 amide bonds. The zero-order valence-electron chi connectivity index (χ0n) is 16.1. The van der Waals surface area contributed by atoms with Crippen LogP contribution in [-0.2, 0) is 14.3 Å². The van der Waals surface area contributed by atoms with Crippen molar-refractivity contribution in [3.8, 4) is 0 Å². The number of thioether (sulfide) groups is 1. The van der Waals surface area contributed by atoms with E-state index in [2.05, 4.69) is 20.5 Å². The van der Waals surface area contributed by atoms with Crippen LogP contribution in [0.25, 0.3) is 0 Å². The van der Waals surface area contributed by atoms with Crippen LogP contribution in [0.1, 0.15) is 6.42 Å². The van der Waals surface area contributed by atoms with Crippen LogP contribution < -0.4 is 15.5 Å². The highest BCUT2D eigenvalue weighted by atomic mass is 35.5. The minimum absolute atomic E-state index is 0.0658. The molecule has 2 aromatic rings. The summed E-state index contributed by atoms with van der Waals surface area (Å²) in [4.78, 5) is 31.3. The van der Waals surface area contributed by atoms with Gasteiger partial charge in [0.05, 0.1) is 18.9 Å². The fourth-order valence-electron chi connectivity index (χ4n) is 3.21. The molecule has 2 saturated heterocycles. The SMILES string of the molecule is O=C(CC1SC(=Nc2cccc(Cl)c2)NC1=O)Nc1ccc(N2CCOCC2)cc1. The molecule has 7 nitrogen and oxygen atoms in total. The number of nitrogens with one attached hydrogen (secondary N) is 2. The van der Waals surface area contributed by atoms with Crippen LogP contribution in [0.2, 0.25) is 5.02 Å². The highest BCUT2D eigenvalue weighted by Gasteiger charge is 2.32. The zero-order chi connectivity index (χ0) is 20.9. The van der Waals surface area contributed by atoms with Crippen LogP contribution in [0.15, 0.2) is 53.5 Å². The summed E-state index contributed by atoms with van der Waals surface area (Å²) in [7, 11) is 0. The van der Waals surface area contributed by atoms with E-state index in [9.17, 15) is 9.59 Å². The number of halogens is 1. The molecule has 4 rings (SSSR count). The number of aliphatic imine (C=N–C) groups is 1. The summed E-state index contributed by atoms with van der Waals surface area (Å²) < 4.78 is 5.37. The summed E-state index contributed by atoms with van der Waals surface area (Å²) in [6, 6.07) is 14.8. The van der Waals surface area contributed by atoms with Crippen molar-refractivity contribution >= 4 is 57.4 Å². The van der Waals surface area contributed by atoms with Crippen LogP contribution in [0, 0.1) is 0 Å². The summed E-state index contributed by atoms with van der Waals surface area (Å²) in [6.45, 7) is 3.17. The molecule has 0 saturated carbocycles. The Balaban J connectivity index is 1.32. The smallest absolute Gasteiger partial charge is 0.240 e. The van der Waals surface area contributed by atoms with Crippen molar-refractivity contribution in [2.24, 2.45) is 4.99 Å². The van der Waals surface area contributed by atoms with Crippen LogP contribution in [0.4, 0.5) is 17.1 Å². The summed E-state index contributed by atoms with van der Waals surface area (Å²) in [5, 5.41) is 6.10. The summed E-state index contributed by atoms with van der Waals surface area (Å²) in [6.07, 6.45) is 0.0658. The summed E-state index contributed by atoms with van der Waals surface area (Å²) in [5.74, 6) is -0.440. The Morgan fingerprint density at radius 3 is 2.73 bits per heavy atom. The van der Waals surface area contributed by atoms with Gasteiger partial charge in [-0.3, -0.25) is 9.59 Å². The van der Waals surface area contributed by atoms with Crippen molar-refractivity contribution in [3.05, 3.63) is 53.6 Å². The summed E-state index contributed by atoms with van der Waals surface area (Å²) >= 11 is 7.21. The van der Waals surface area contributed by atoms with Crippen LogP contribution in [-0.4, -0.2) is 48.5 Å². The number of benzene rings is 2. The van der Waals surface area contributed by atoms with Crippen molar-refractivity contribution in [1.82, 2.24) is 5.32 Å². The molecular formula is C21H21ClN4O3S. The molecule has 0 aliphatic carbocycles. The third-order valence-corrected chi connectivity index (χ3v) is 6.03. The number of amides is 2. The lowest BCUT2D eigenvalue weighted by Gasteiger charge is -2.28. The second kappa shape index (κ2) is 9.51. The average Bonchev–Trinajstić information content (AvgIpc) is 3.07. The van der Waals surface area contributed by atoms with E-state index in [0.29, 0.717) is 21.6 Å². The molecule has 2 N–H and O–H groups in total. The number of carbonyl (C=O) groups excluding carboxylic acids is 2. The Labute approximate surface area is 183 Å². The van der Waals surface area contributed by atoms with Crippen LogP contribution in [0.3, 0.4) is 0 Å². The molecule has 2 heterocycles. The zero-order valence-corrected chi connectivity index (χ0v) is 17.7. The van der Waals surface area contributed by atoms with Gasteiger partial charge in [-0.2, -0.15) is 0 Å². The number of hydrogen-bond acceptors (Lipinski definition) is 6. The van der Waals surface area contributed by atoms with Gasteiger partial charge < -0.3 is 20.3 Å². The van der Waals surface area contributed by atoms with E-state index in [1.165, 1.54) is 11.8 Å². The fraction of sp³-hybridized carbons (Fsp3) is 0.286.